The van der Waals surface area contributed by atoms with E-state index in [1.165, 1.54) is 57.0 Å². The fourth-order valence-corrected chi connectivity index (χ4v) is 20.1. The molecule has 5 unspecified atom stereocenters. The van der Waals surface area contributed by atoms with Gasteiger partial charge in [0.15, 0.2) is 0 Å². The molecule has 1 saturated heterocycles. The van der Waals surface area contributed by atoms with E-state index in [0.717, 1.165) is 10.6 Å². The number of unbranched alkanes of at least 4 members (excludes halogenated alkanes) is 1. The molecule has 0 aromatic heterocycles. The van der Waals surface area contributed by atoms with E-state index >= 15 is 0 Å². The molecule has 4 aromatic carbocycles. The summed E-state index contributed by atoms with van der Waals surface area (Å²) in [5.41, 5.74) is 12.4. The summed E-state index contributed by atoms with van der Waals surface area (Å²) in [4.78, 5) is 0. The van der Waals surface area contributed by atoms with Gasteiger partial charge >= 0.3 is 265 Å². The molecule has 0 radical (unpaired) electrons. The van der Waals surface area contributed by atoms with Crippen molar-refractivity contribution in [3.63, 3.8) is 0 Å². The third kappa shape index (κ3) is 4.67. The molecule has 7 rings (SSSR count). The van der Waals surface area contributed by atoms with Crippen LogP contribution >= 0.6 is 0 Å². The topological polar surface area (TPSA) is 0 Å². The van der Waals surface area contributed by atoms with E-state index in [-0.39, 0.29) is 5.41 Å². The van der Waals surface area contributed by atoms with E-state index in [9.17, 15) is 0 Å². The molecule has 2 aliphatic carbocycles. The summed E-state index contributed by atoms with van der Waals surface area (Å²) in [5.74, 6) is 0.948. The van der Waals surface area contributed by atoms with Gasteiger partial charge in [-0.2, -0.15) is 0 Å². The molecule has 1 heteroatoms. The number of rotatable bonds is 10. The molecule has 0 bridgehead atoms. The number of allylic oxidation sites excluding steroid dienone is 2. The van der Waals surface area contributed by atoms with E-state index in [1.54, 1.807) is 31.7 Å². The summed E-state index contributed by atoms with van der Waals surface area (Å²) >= 11 is -2.01. The molecule has 0 N–H and O–H groups in total. The molecule has 220 valence electrons. The SMILES string of the molecule is CCC[CH2][Ti]1([CH2]C(CC)(C2C(C)=Cc3c(-c4ccccc4)cccc32)C2C(CC)=Cc3c2ccc2ccccc32)[CH2][CH]1C. The molecule has 1 heterocycles. The van der Waals surface area contributed by atoms with Crippen molar-refractivity contribution in [2.45, 2.75) is 90.5 Å². The molecule has 0 amide bonds. The van der Waals surface area contributed by atoms with Gasteiger partial charge in [0.1, 0.15) is 0 Å². The van der Waals surface area contributed by atoms with Crippen LogP contribution in [0.2, 0.25) is 18.4 Å². The van der Waals surface area contributed by atoms with E-state index in [4.69, 9.17) is 0 Å². The molecule has 0 saturated carbocycles. The van der Waals surface area contributed by atoms with Crippen LogP contribution in [0.25, 0.3) is 34.1 Å². The number of hydrogen-bond donors (Lipinski definition) is 0. The Morgan fingerprint density at radius 3 is 2.23 bits per heavy atom. The van der Waals surface area contributed by atoms with Crippen LogP contribution in [0.4, 0.5) is 0 Å². The van der Waals surface area contributed by atoms with Gasteiger partial charge in [0.25, 0.3) is 0 Å². The minimum atomic E-state index is -2.01. The average molecular weight is 601 g/mol. The minimum absolute atomic E-state index is 0.204. The number of benzene rings is 4. The van der Waals surface area contributed by atoms with Crippen LogP contribution in [0.1, 0.15) is 94.4 Å². The van der Waals surface area contributed by atoms with Crippen molar-refractivity contribution < 1.29 is 16.6 Å². The van der Waals surface area contributed by atoms with Crippen molar-refractivity contribution in [2.24, 2.45) is 5.41 Å². The molecular formula is C42H48Ti. The van der Waals surface area contributed by atoms with Crippen molar-refractivity contribution in [1.29, 1.82) is 0 Å². The van der Waals surface area contributed by atoms with Gasteiger partial charge in [-0.25, -0.2) is 0 Å². The van der Waals surface area contributed by atoms with Crippen molar-refractivity contribution in [1.82, 2.24) is 0 Å². The van der Waals surface area contributed by atoms with Crippen LogP contribution in [0.3, 0.4) is 0 Å². The normalized spacial score (nSPS) is 25.2. The molecule has 1 fully saturated rings. The quantitative estimate of drug-likeness (QED) is 0.159. The van der Waals surface area contributed by atoms with E-state index < -0.39 is 16.6 Å². The van der Waals surface area contributed by atoms with Crippen molar-refractivity contribution in [3.05, 3.63) is 118 Å². The van der Waals surface area contributed by atoms with Crippen LogP contribution in [-0.2, 0) is 16.6 Å². The maximum atomic E-state index is 2.63. The van der Waals surface area contributed by atoms with Crippen LogP contribution < -0.4 is 0 Å². The summed E-state index contributed by atoms with van der Waals surface area (Å²) in [7, 11) is 0. The van der Waals surface area contributed by atoms with Gasteiger partial charge in [-0.15, -0.1) is 0 Å². The predicted octanol–water partition coefficient (Wildman–Crippen LogP) is 13.0. The zero-order chi connectivity index (χ0) is 29.8. The van der Waals surface area contributed by atoms with Gasteiger partial charge in [0, 0.05) is 0 Å². The first-order chi connectivity index (χ1) is 21.0. The third-order valence-electron chi connectivity index (χ3n) is 11.9. The van der Waals surface area contributed by atoms with Crippen LogP contribution in [0.15, 0.2) is 96.1 Å². The maximum absolute atomic E-state index is 2.63. The Labute approximate surface area is 263 Å². The second-order valence-electron chi connectivity index (χ2n) is 14.1. The monoisotopic (exact) mass is 600 g/mol. The zero-order valence-electron chi connectivity index (χ0n) is 26.9. The second kappa shape index (κ2) is 11.4. The van der Waals surface area contributed by atoms with Gasteiger partial charge in [-0.1, -0.05) is 0 Å². The van der Waals surface area contributed by atoms with Gasteiger partial charge in [0.05, 0.1) is 0 Å². The molecule has 0 nitrogen and oxygen atoms in total. The summed E-state index contributed by atoms with van der Waals surface area (Å²) < 4.78 is 5.65. The fraction of sp³-hybridized carbons (Fsp3) is 0.381. The van der Waals surface area contributed by atoms with Crippen molar-refractivity contribution in [2.75, 3.05) is 0 Å². The molecular weight excluding hydrogens is 552 g/mol. The Kier molecular flexibility index (Phi) is 7.68. The van der Waals surface area contributed by atoms with Crippen LogP contribution in [0.5, 0.6) is 0 Å². The van der Waals surface area contributed by atoms with Gasteiger partial charge < -0.3 is 0 Å². The van der Waals surface area contributed by atoms with E-state index in [0.29, 0.717) is 11.8 Å². The Bertz CT molecular complexity index is 1720. The Morgan fingerprint density at radius 1 is 0.767 bits per heavy atom. The van der Waals surface area contributed by atoms with E-state index in [1.807, 2.05) is 0 Å². The van der Waals surface area contributed by atoms with Crippen molar-refractivity contribution >= 4 is 22.9 Å². The van der Waals surface area contributed by atoms with E-state index in [2.05, 4.69) is 132 Å². The number of fused-ring (bicyclic) bond motifs is 4. The number of hydrogen-bond acceptors (Lipinski definition) is 0. The van der Waals surface area contributed by atoms with Gasteiger partial charge in [0.2, 0.25) is 0 Å². The van der Waals surface area contributed by atoms with Gasteiger partial charge in [-0.05, 0) is 0 Å². The van der Waals surface area contributed by atoms with Crippen molar-refractivity contribution in [3.8, 4) is 11.1 Å². The average Bonchev–Trinajstić information content (AvgIpc) is 3.34. The summed E-state index contributed by atoms with van der Waals surface area (Å²) in [6.45, 7) is 12.5. The molecule has 0 spiro atoms. The summed E-state index contributed by atoms with van der Waals surface area (Å²) in [5, 5.41) is 2.81. The standard InChI is InChI=1S/C35H33.C4H9.C3H6.Ti/c1-5-24-22-32-27-16-11-10-15-26(27)19-20-30(32)34(24)35(4,6-2)33-23(3)21-31-28(17-12-18-29(31)33)25-13-8-7-9-14-25;1-3-4-2;1-3-2;/h7-22,33-34H,4-6H2,1-3H3;1,3-4H2,2H3;3H,1H2,2H3;. The predicted molar refractivity (Wildman–Crippen MR) is 185 cm³/mol. The molecule has 43 heavy (non-hydrogen) atoms. The first kappa shape index (κ1) is 29.1. The Balaban J connectivity index is 1.45. The molecule has 5 atom stereocenters. The summed E-state index contributed by atoms with van der Waals surface area (Å²) in [6, 6.07) is 32.3. The fourth-order valence-electron chi connectivity index (χ4n) is 9.69. The van der Waals surface area contributed by atoms with Crippen LogP contribution in [0, 0.1) is 5.41 Å². The first-order valence-electron chi connectivity index (χ1n) is 17.0. The third-order valence-corrected chi connectivity index (χ3v) is 21.1. The first-order valence-corrected chi connectivity index (χ1v) is 21.3. The molecule has 3 aliphatic rings. The van der Waals surface area contributed by atoms with Crippen LogP contribution in [-0.4, -0.2) is 0 Å². The Hall–Kier alpha value is -2.67. The molecule has 1 aliphatic heterocycles. The molecule has 4 aromatic rings. The second-order valence-corrected chi connectivity index (χ2v) is 21.9. The zero-order valence-corrected chi connectivity index (χ0v) is 28.5. The van der Waals surface area contributed by atoms with Gasteiger partial charge in [-0.3, -0.25) is 0 Å². The Morgan fingerprint density at radius 2 is 1.51 bits per heavy atom. The summed E-state index contributed by atoms with van der Waals surface area (Å²) in [6.07, 6.45) is 10.3.